The van der Waals surface area contributed by atoms with Crippen LogP contribution in [0.25, 0.3) is 0 Å². The quantitative estimate of drug-likeness (QED) is 0.839. The van der Waals surface area contributed by atoms with E-state index in [0.29, 0.717) is 6.54 Å². The lowest BCUT2D eigenvalue weighted by Crippen LogP contribution is -2.36. The van der Waals surface area contributed by atoms with E-state index in [4.69, 9.17) is 0 Å². The normalized spacial score (nSPS) is 12.2. The van der Waals surface area contributed by atoms with Gasteiger partial charge in [-0.25, -0.2) is 0 Å². The number of amides is 1. The van der Waals surface area contributed by atoms with E-state index in [1.54, 1.807) is 4.90 Å². The summed E-state index contributed by atoms with van der Waals surface area (Å²) in [6.45, 7) is 4.66. The van der Waals surface area contributed by atoms with Crippen molar-refractivity contribution in [3.8, 4) is 0 Å². The highest BCUT2D eigenvalue weighted by molar-refractivity contribution is 5.95. The number of carbonyl (C=O) groups excluding carboxylic acids is 1. The number of nitrogens with one attached hydrogen (secondary N) is 1. The molecule has 1 aromatic carbocycles. The molecule has 0 aliphatic carbocycles. The first-order chi connectivity index (χ1) is 7.57. The topological polar surface area (TPSA) is 32.3 Å². The molecule has 0 bridgehead atoms. The molecule has 0 radical (unpaired) electrons. The van der Waals surface area contributed by atoms with Crippen LogP contribution < -0.4 is 10.2 Å². The molecule has 0 saturated carbocycles. The summed E-state index contributed by atoms with van der Waals surface area (Å²) < 4.78 is 0. The predicted octanol–water partition coefficient (Wildman–Crippen LogP) is 1.81. The second-order valence-electron chi connectivity index (χ2n) is 4.14. The second-order valence-corrected chi connectivity index (χ2v) is 4.14. The SMILES string of the molecule is CNCC(C)C(=O)N(C)c1ccccc1C. The van der Waals surface area contributed by atoms with Crippen LogP contribution in [0.5, 0.6) is 0 Å². The van der Waals surface area contributed by atoms with Gasteiger partial charge in [0, 0.05) is 25.2 Å². The molecule has 1 N–H and O–H groups in total. The minimum Gasteiger partial charge on any atom is -0.319 e. The smallest absolute Gasteiger partial charge is 0.230 e. The molecule has 88 valence electrons. The van der Waals surface area contributed by atoms with Crippen molar-refractivity contribution in [2.75, 3.05) is 25.5 Å². The molecule has 0 aliphatic rings. The summed E-state index contributed by atoms with van der Waals surface area (Å²) in [5.74, 6) is 0.137. The Bertz CT molecular complexity index is 363. The standard InChI is InChI=1S/C13H20N2O/c1-10-7-5-6-8-12(10)15(4)13(16)11(2)9-14-3/h5-8,11,14H,9H2,1-4H3. The maximum absolute atomic E-state index is 12.1. The van der Waals surface area contributed by atoms with E-state index in [1.165, 1.54) is 0 Å². The van der Waals surface area contributed by atoms with E-state index in [0.717, 1.165) is 11.3 Å². The van der Waals surface area contributed by atoms with Crippen molar-refractivity contribution in [3.63, 3.8) is 0 Å². The molecule has 3 nitrogen and oxygen atoms in total. The predicted molar refractivity (Wildman–Crippen MR) is 67.7 cm³/mol. The minimum atomic E-state index is -0.00499. The third-order valence-electron chi connectivity index (χ3n) is 2.74. The van der Waals surface area contributed by atoms with E-state index in [-0.39, 0.29) is 11.8 Å². The number of rotatable bonds is 4. The summed E-state index contributed by atoms with van der Waals surface area (Å²) >= 11 is 0. The fourth-order valence-electron chi connectivity index (χ4n) is 1.78. The van der Waals surface area contributed by atoms with Crippen LogP contribution in [0.2, 0.25) is 0 Å². The molecule has 0 heterocycles. The molecular formula is C13H20N2O. The number of carbonyl (C=O) groups is 1. The van der Waals surface area contributed by atoms with Crippen molar-refractivity contribution in [1.29, 1.82) is 0 Å². The van der Waals surface area contributed by atoms with Gasteiger partial charge >= 0.3 is 0 Å². The van der Waals surface area contributed by atoms with Crippen LogP contribution in [0.4, 0.5) is 5.69 Å². The van der Waals surface area contributed by atoms with Crippen molar-refractivity contribution in [1.82, 2.24) is 5.32 Å². The Hall–Kier alpha value is -1.35. The Morgan fingerprint density at radius 2 is 2.06 bits per heavy atom. The lowest BCUT2D eigenvalue weighted by Gasteiger charge is -2.23. The van der Waals surface area contributed by atoms with Crippen LogP contribution in [-0.4, -0.2) is 26.5 Å². The van der Waals surface area contributed by atoms with E-state index >= 15 is 0 Å². The zero-order valence-electron chi connectivity index (χ0n) is 10.4. The summed E-state index contributed by atoms with van der Waals surface area (Å²) in [7, 11) is 3.69. The number of hydrogen-bond acceptors (Lipinski definition) is 2. The number of benzene rings is 1. The van der Waals surface area contributed by atoms with Gasteiger partial charge in [-0.15, -0.1) is 0 Å². The fraction of sp³-hybridized carbons (Fsp3) is 0.462. The molecule has 1 aromatic rings. The lowest BCUT2D eigenvalue weighted by molar-refractivity contribution is -0.121. The molecule has 1 amide bonds. The number of anilines is 1. The zero-order chi connectivity index (χ0) is 12.1. The van der Waals surface area contributed by atoms with Crippen LogP contribution in [0.15, 0.2) is 24.3 Å². The Morgan fingerprint density at radius 1 is 1.44 bits per heavy atom. The number of aryl methyl sites for hydroxylation is 1. The highest BCUT2D eigenvalue weighted by atomic mass is 16.2. The van der Waals surface area contributed by atoms with Crippen molar-refractivity contribution in [2.24, 2.45) is 5.92 Å². The molecule has 0 saturated heterocycles. The molecule has 0 aromatic heterocycles. The third-order valence-corrected chi connectivity index (χ3v) is 2.74. The van der Waals surface area contributed by atoms with E-state index < -0.39 is 0 Å². The van der Waals surface area contributed by atoms with Gasteiger partial charge in [0.15, 0.2) is 0 Å². The highest BCUT2D eigenvalue weighted by Crippen LogP contribution is 2.19. The van der Waals surface area contributed by atoms with Gasteiger partial charge in [0.25, 0.3) is 0 Å². The average Bonchev–Trinajstić information content (AvgIpc) is 2.28. The average molecular weight is 220 g/mol. The Labute approximate surface area is 97.5 Å². The highest BCUT2D eigenvalue weighted by Gasteiger charge is 2.18. The number of nitrogens with zero attached hydrogens (tertiary/aromatic N) is 1. The first-order valence-electron chi connectivity index (χ1n) is 5.55. The van der Waals surface area contributed by atoms with Gasteiger partial charge in [0.1, 0.15) is 0 Å². The second kappa shape index (κ2) is 5.66. The Balaban J connectivity index is 2.82. The summed E-state index contributed by atoms with van der Waals surface area (Å²) in [6.07, 6.45) is 0. The van der Waals surface area contributed by atoms with Crippen molar-refractivity contribution in [3.05, 3.63) is 29.8 Å². The lowest BCUT2D eigenvalue weighted by atomic mass is 10.1. The van der Waals surface area contributed by atoms with Crippen LogP contribution in [0, 0.1) is 12.8 Å². The molecule has 16 heavy (non-hydrogen) atoms. The third kappa shape index (κ3) is 2.83. The molecule has 0 fully saturated rings. The molecule has 1 unspecified atom stereocenters. The zero-order valence-corrected chi connectivity index (χ0v) is 10.4. The molecule has 1 atom stereocenters. The van der Waals surface area contributed by atoms with E-state index in [9.17, 15) is 4.79 Å². The van der Waals surface area contributed by atoms with Crippen LogP contribution in [-0.2, 0) is 4.79 Å². The summed E-state index contributed by atoms with van der Waals surface area (Å²) in [4.78, 5) is 13.8. The first-order valence-corrected chi connectivity index (χ1v) is 5.55. The van der Waals surface area contributed by atoms with Gasteiger partial charge in [-0.2, -0.15) is 0 Å². The largest absolute Gasteiger partial charge is 0.319 e. The minimum absolute atomic E-state index is 0.00499. The number of hydrogen-bond donors (Lipinski definition) is 1. The van der Waals surface area contributed by atoms with Gasteiger partial charge in [-0.1, -0.05) is 25.1 Å². The molecule has 0 aliphatic heterocycles. The molecule has 3 heteroatoms. The maximum Gasteiger partial charge on any atom is 0.230 e. The maximum atomic E-state index is 12.1. The van der Waals surface area contributed by atoms with Crippen molar-refractivity contribution in [2.45, 2.75) is 13.8 Å². The van der Waals surface area contributed by atoms with Gasteiger partial charge in [-0.3, -0.25) is 4.79 Å². The number of para-hydroxylation sites is 1. The summed E-state index contributed by atoms with van der Waals surface area (Å²) in [6, 6.07) is 7.92. The molecule has 1 rings (SSSR count). The fourth-order valence-corrected chi connectivity index (χ4v) is 1.78. The van der Waals surface area contributed by atoms with Crippen LogP contribution in [0.1, 0.15) is 12.5 Å². The van der Waals surface area contributed by atoms with Gasteiger partial charge in [-0.05, 0) is 25.6 Å². The summed E-state index contributed by atoms with van der Waals surface area (Å²) in [5, 5.41) is 3.02. The van der Waals surface area contributed by atoms with Crippen LogP contribution in [0.3, 0.4) is 0 Å². The monoisotopic (exact) mass is 220 g/mol. The Morgan fingerprint density at radius 3 is 2.62 bits per heavy atom. The molecular weight excluding hydrogens is 200 g/mol. The first kappa shape index (κ1) is 12.7. The molecule has 0 spiro atoms. The Kier molecular flexibility index (Phi) is 4.50. The van der Waals surface area contributed by atoms with Gasteiger partial charge in [0.2, 0.25) is 5.91 Å². The van der Waals surface area contributed by atoms with Gasteiger partial charge in [0.05, 0.1) is 0 Å². The van der Waals surface area contributed by atoms with Gasteiger partial charge < -0.3 is 10.2 Å². The van der Waals surface area contributed by atoms with Crippen LogP contribution >= 0.6 is 0 Å². The van der Waals surface area contributed by atoms with E-state index in [2.05, 4.69) is 5.32 Å². The van der Waals surface area contributed by atoms with Crippen molar-refractivity contribution >= 4 is 11.6 Å². The van der Waals surface area contributed by atoms with E-state index in [1.807, 2.05) is 52.2 Å². The van der Waals surface area contributed by atoms with Crippen molar-refractivity contribution < 1.29 is 4.79 Å². The summed E-state index contributed by atoms with van der Waals surface area (Å²) in [5.41, 5.74) is 2.10.